The monoisotopic (exact) mass is 867 g/mol. The highest BCUT2D eigenvalue weighted by atomic mass is 16.6. The Morgan fingerprint density at radius 3 is 2.21 bits per heavy atom. The fourth-order valence-electron chi connectivity index (χ4n) is 10.5. The molecule has 1 aromatic carbocycles. The van der Waals surface area contributed by atoms with Crippen molar-refractivity contribution >= 4 is 35.8 Å². The van der Waals surface area contributed by atoms with Crippen LogP contribution in [0.4, 0.5) is 4.79 Å². The van der Waals surface area contributed by atoms with Crippen molar-refractivity contribution in [2.75, 3.05) is 6.61 Å². The predicted octanol–water partition coefficient (Wildman–Crippen LogP) is 4.35. The van der Waals surface area contributed by atoms with E-state index in [9.17, 15) is 39.3 Å². The molecule has 16 heteroatoms. The molecule has 6 rings (SSSR count). The normalized spacial score (nSPS) is 33.6. The summed E-state index contributed by atoms with van der Waals surface area (Å²) in [5.74, 6) is -6.10. The molecule has 4 N–H and O–H groups in total. The molecule has 340 valence electrons. The second-order valence-corrected chi connectivity index (χ2v) is 18.4. The van der Waals surface area contributed by atoms with Crippen LogP contribution in [-0.4, -0.2) is 118 Å². The van der Waals surface area contributed by atoms with Crippen molar-refractivity contribution in [3.8, 4) is 0 Å². The van der Waals surface area contributed by atoms with Gasteiger partial charge in [0.05, 0.1) is 35.6 Å². The number of fused-ring (bicyclic) bond motifs is 5. The number of ether oxygens (including phenoxy) is 6. The smallest absolute Gasteiger partial charge is 0.407 e. The molecule has 2 bridgehead atoms. The topological polar surface area (TPSA) is 231 Å². The van der Waals surface area contributed by atoms with Crippen molar-refractivity contribution in [2.45, 2.75) is 167 Å². The highest BCUT2D eigenvalue weighted by Gasteiger charge is 2.78. The summed E-state index contributed by atoms with van der Waals surface area (Å²) in [6.45, 7) is 11.9. The average molecular weight is 868 g/mol. The van der Waals surface area contributed by atoms with Gasteiger partial charge in [0.25, 0.3) is 0 Å². The molecule has 0 unspecified atom stereocenters. The third-order valence-corrected chi connectivity index (χ3v) is 13.9. The molecule has 0 radical (unpaired) electrons. The molecule has 62 heavy (non-hydrogen) atoms. The predicted molar refractivity (Wildman–Crippen MR) is 219 cm³/mol. The number of allylic oxidation sites excluding steroid dienone is 1. The van der Waals surface area contributed by atoms with E-state index in [2.05, 4.69) is 5.32 Å². The first-order valence-electron chi connectivity index (χ1n) is 21.6. The van der Waals surface area contributed by atoms with Crippen molar-refractivity contribution in [3.63, 3.8) is 0 Å². The van der Waals surface area contributed by atoms with Crippen LogP contribution in [0.2, 0.25) is 0 Å². The number of ketones is 1. The number of esters is 4. The highest BCUT2D eigenvalue weighted by Crippen LogP contribution is 2.64. The Hall–Kier alpha value is -4.64. The van der Waals surface area contributed by atoms with Crippen molar-refractivity contribution in [1.82, 2.24) is 5.32 Å². The Kier molecular flexibility index (Phi) is 13.5. The summed E-state index contributed by atoms with van der Waals surface area (Å²) >= 11 is 0. The lowest BCUT2D eigenvalue weighted by Gasteiger charge is -2.67. The van der Waals surface area contributed by atoms with Gasteiger partial charge in [-0.05, 0) is 76.7 Å². The molecular weight excluding hydrogens is 806 g/mol. The molecule has 1 aliphatic heterocycles. The maximum absolute atomic E-state index is 15.6. The summed E-state index contributed by atoms with van der Waals surface area (Å²) in [5, 5.41) is 39.9. The lowest BCUT2D eigenvalue weighted by molar-refractivity contribution is -0.346. The summed E-state index contributed by atoms with van der Waals surface area (Å²) in [6, 6.07) is 6.56. The minimum Gasteiger partial charge on any atom is -0.456 e. The van der Waals surface area contributed by atoms with Gasteiger partial charge in [0.15, 0.2) is 23.6 Å². The van der Waals surface area contributed by atoms with Gasteiger partial charge in [-0.2, -0.15) is 0 Å². The zero-order chi connectivity index (χ0) is 45.5. The number of aliphatic hydroxyl groups excluding tert-OH is 2. The maximum atomic E-state index is 15.6. The zero-order valence-corrected chi connectivity index (χ0v) is 36.8. The lowest BCUT2D eigenvalue weighted by Crippen LogP contribution is -2.82. The fourth-order valence-corrected chi connectivity index (χ4v) is 10.5. The second kappa shape index (κ2) is 17.9. The van der Waals surface area contributed by atoms with Gasteiger partial charge >= 0.3 is 30.0 Å². The van der Waals surface area contributed by atoms with Crippen molar-refractivity contribution in [2.24, 2.45) is 16.7 Å². The molecule has 16 nitrogen and oxygen atoms in total. The number of carbonyl (C=O) groups is 6. The van der Waals surface area contributed by atoms with Crippen LogP contribution in [0.3, 0.4) is 0 Å². The van der Waals surface area contributed by atoms with E-state index in [1.54, 1.807) is 45.9 Å². The highest BCUT2D eigenvalue weighted by molar-refractivity contribution is 5.95. The number of benzene rings is 1. The number of hydrogen-bond acceptors (Lipinski definition) is 15. The van der Waals surface area contributed by atoms with Crippen LogP contribution in [-0.2, 0) is 47.6 Å². The molecule has 0 aromatic heterocycles. The second-order valence-electron chi connectivity index (χ2n) is 18.4. The quantitative estimate of drug-likeness (QED) is 0.138. The molecule has 11 atom stereocenters. The summed E-state index contributed by atoms with van der Waals surface area (Å²) < 4.78 is 36.0. The molecule has 4 aliphatic carbocycles. The van der Waals surface area contributed by atoms with Gasteiger partial charge in [0, 0.05) is 31.6 Å². The number of rotatable bonds is 11. The van der Waals surface area contributed by atoms with Crippen LogP contribution >= 0.6 is 0 Å². The molecule has 1 aromatic rings. The number of nitrogens with one attached hydrogen (secondary N) is 1. The van der Waals surface area contributed by atoms with Crippen molar-refractivity contribution in [1.29, 1.82) is 0 Å². The first-order valence-corrected chi connectivity index (χ1v) is 21.6. The van der Waals surface area contributed by atoms with Crippen LogP contribution in [0.5, 0.6) is 0 Å². The summed E-state index contributed by atoms with van der Waals surface area (Å²) in [6.07, 6.45) is -6.03. The van der Waals surface area contributed by atoms with Gasteiger partial charge in [-0.15, -0.1) is 0 Å². The van der Waals surface area contributed by atoms with Crippen molar-refractivity contribution < 1.29 is 72.5 Å². The van der Waals surface area contributed by atoms with E-state index in [0.717, 1.165) is 26.2 Å². The van der Waals surface area contributed by atoms with Crippen LogP contribution in [0.15, 0.2) is 53.1 Å². The van der Waals surface area contributed by atoms with E-state index in [1.807, 2.05) is 0 Å². The molecular formula is C46H61NO15. The summed E-state index contributed by atoms with van der Waals surface area (Å²) in [7, 11) is 0. The van der Waals surface area contributed by atoms with E-state index >= 15 is 4.79 Å². The number of carbonyl (C=O) groups excluding carboxylic acids is 6. The Bertz CT molecular complexity index is 1980. The number of hydrogen-bond donors (Lipinski definition) is 4. The largest absolute Gasteiger partial charge is 0.456 e. The number of Topliss-reactive ketones (excluding diaryl/α,β-unsaturated/α-hetero) is 1. The number of amides is 1. The molecule has 1 heterocycles. The minimum absolute atomic E-state index is 0.0153. The van der Waals surface area contributed by atoms with Crippen LogP contribution in [0.25, 0.3) is 0 Å². The maximum Gasteiger partial charge on any atom is 0.407 e. The molecule has 1 amide bonds. The summed E-state index contributed by atoms with van der Waals surface area (Å²) in [4.78, 5) is 83.3. The minimum atomic E-state index is -2.38. The number of aliphatic hydroxyl groups is 3. The van der Waals surface area contributed by atoms with E-state index in [0.29, 0.717) is 18.4 Å². The van der Waals surface area contributed by atoms with Gasteiger partial charge in [-0.25, -0.2) is 14.4 Å². The van der Waals surface area contributed by atoms with Crippen LogP contribution in [0, 0.1) is 16.7 Å². The van der Waals surface area contributed by atoms with Gasteiger partial charge < -0.3 is 49.1 Å². The van der Waals surface area contributed by atoms with E-state index in [-0.39, 0.29) is 42.3 Å². The molecule has 5 aliphatic rings. The van der Waals surface area contributed by atoms with E-state index in [4.69, 9.17) is 28.4 Å². The Morgan fingerprint density at radius 1 is 0.968 bits per heavy atom. The molecule has 4 fully saturated rings. The Balaban J connectivity index is 1.50. The summed E-state index contributed by atoms with van der Waals surface area (Å²) in [5.41, 5.74) is -6.91. The van der Waals surface area contributed by atoms with Crippen LogP contribution < -0.4 is 5.32 Å². The number of alkyl carbamates (subject to hydrolysis) is 1. The SMILES string of the molecule is CCC(=O)O[C@H]1C(=O)[C@@]2(C)[C@H]([C@H](OC(=O)c3ccccc3)[C@]3(O)C[C@H](OC(=O)[C@H](O)[C@H](C=C(C)C)NC(=O)OC4CCCCC4)C(C)=C1C3(C)C)[C@]1(OC(C)=O)CO[C@@H]1C[C@@H]2O. The standard InChI is InChI=1S/C46H61NO15/c1-9-33(50)60-36-34-25(4)30(59-41(54)35(51)29(20-24(2)3)47-42(55)58-28-18-14-11-15-19-28)22-46(56,43(34,6)7)39(61-40(53)27-16-12-10-13-17-27)37-44(8,38(36)52)31(49)21-32-45(37,23-57-32)62-26(5)48/h10,12-13,16-17,20,28-32,35-37,39,49,51,56H,9,11,14-15,18-19,21-23H2,1-8H3,(H,47,55)/t29-,30-,31-,32+,35+,36+,37-,39-,44+,45-,46+/m0/s1. The van der Waals surface area contributed by atoms with E-state index in [1.165, 1.54) is 39.0 Å². The van der Waals surface area contributed by atoms with Crippen molar-refractivity contribution in [3.05, 3.63) is 58.7 Å². The van der Waals surface area contributed by atoms with Gasteiger partial charge in [-0.1, -0.05) is 57.0 Å². The van der Waals surface area contributed by atoms with E-state index < -0.39 is 113 Å². The van der Waals surface area contributed by atoms with Gasteiger partial charge in [-0.3, -0.25) is 14.4 Å². The average Bonchev–Trinajstić information content (AvgIpc) is 3.21. The Labute approximate surface area is 361 Å². The first-order chi connectivity index (χ1) is 29.1. The van der Waals surface area contributed by atoms with Gasteiger partial charge in [0.1, 0.15) is 30.0 Å². The lowest BCUT2D eigenvalue weighted by atomic mass is 9.44. The molecule has 1 saturated heterocycles. The Morgan fingerprint density at radius 2 is 1.63 bits per heavy atom. The third-order valence-electron chi connectivity index (χ3n) is 13.9. The molecule has 0 spiro atoms. The van der Waals surface area contributed by atoms with Crippen LogP contribution in [0.1, 0.15) is 117 Å². The first kappa shape index (κ1) is 46.9. The fraction of sp³-hybridized carbons (Fsp3) is 0.652. The van der Waals surface area contributed by atoms with Gasteiger partial charge in [0.2, 0.25) is 0 Å². The molecule has 3 saturated carbocycles. The third kappa shape index (κ3) is 8.30. The zero-order valence-electron chi connectivity index (χ0n) is 36.8.